The zero-order valence-corrected chi connectivity index (χ0v) is 15.3. The molecule has 2 amide bonds. The molecule has 0 saturated heterocycles. The van der Waals surface area contributed by atoms with Crippen LogP contribution >= 0.6 is 0 Å². The van der Waals surface area contributed by atoms with Gasteiger partial charge >= 0.3 is 0 Å². The zero-order valence-electron chi connectivity index (χ0n) is 15.3. The van der Waals surface area contributed by atoms with E-state index in [1.165, 1.54) is 6.26 Å². The smallest absolute Gasteiger partial charge is 0.286 e. The fourth-order valence-electron chi connectivity index (χ4n) is 2.59. The van der Waals surface area contributed by atoms with E-state index in [9.17, 15) is 14.4 Å². The number of imidazole rings is 1. The van der Waals surface area contributed by atoms with Gasteiger partial charge in [0.1, 0.15) is 0 Å². The summed E-state index contributed by atoms with van der Waals surface area (Å²) in [6.07, 6.45) is 5.45. The number of ketones is 1. The number of carbonyl (C=O) groups is 3. The highest BCUT2D eigenvalue weighted by Gasteiger charge is 2.13. The molecule has 1 aromatic carbocycles. The van der Waals surface area contributed by atoms with Gasteiger partial charge in [-0.2, -0.15) is 0 Å². The Morgan fingerprint density at radius 2 is 1.93 bits per heavy atom. The third-order valence-corrected chi connectivity index (χ3v) is 4.07. The first-order valence-corrected chi connectivity index (χ1v) is 8.78. The van der Waals surface area contributed by atoms with E-state index in [4.69, 9.17) is 4.42 Å². The van der Waals surface area contributed by atoms with Crippen molar-refractivity contribution in [1.82, 2.24) is 14.9 Å². The van der Waals surface area contributed by atoms with E-state index in [1.54, 1.807) is 60.4 Å². The van der Waals surface area contributed by atoms with E-state index in [1.807, 2.05) is 0 Å². The molecule has 28 heavy (non-hydrogen) atoms. The van der Waals surface area contributed by atoms with Crippen molar-refractivity contribution < 1.29 is 18.8 Å². The van der Waals surface area contributed by atoms with Crippen molar-refractivity contribution in [1.29, 1.82) is 0 Å². The van der Waals surface area contributed by atoms with E-state index in [0.29, 0.717) is 30.0 Å². The molecule has 0 radical (unpaired) electrons. The summed E-state index contributed by atoms with van der Waals surface area (Å²) in [5.74, 6) is -0.0653. The van der Waals surface area contributed by atoms with E-state index < -0.39 is 0 Å². The summed E-state index contributed by atoms with van der Waals surface area (Å²) < 4.78 is 6.64. The predicted molar refractivity (Wildman–Crippen MR) is 102 cm³/mol. The Morgan fingerprint density at radius 3 is 2.57 bits per heavy atom. The molecule has 2 aromatic heterocycles. The normalized spacial score (nSPS) is 10.5. The number of hydrogen-bond acceptors (Lipinski definition) is 5. The summed E-state index contributed by atoms with van der Waals surface area (Å²) in [6.45, 7) is 0.365. The lowest BCUT2D eigenvalue weighted by Crippen LogP contribution is -2.25. The minimum Gasteiger partial charge on any atom is -0.459 e. The van der Waals surface area contributed by atoms with Crippen LogP contribution in [0.2, 0.25) is 0 Å². The molecule has 2 N–H and O–H groups in total. The number of anilines is 1. The number of aryl methyl sites for hydroxylation is 1. The van der Waals surface area contributed by atoms with E-state index in [0.717, 1.165) is 0 Å². The van der Waals surface area contributed by atoms with Crippen molar-refractivity contribution >= 4 is 23.3 Å². The van der Waals surface area contributed by atoms with Gasteiger partial charge < -0.3 is 19.6 Å². The van der Waals surface area contributed by atoms with Gasteiger partial charge in [0.25, 0.3) is 5.91 Å². The van der Waals surface area contributed by atoms with Crippen LogP contribution in [0.1, 0.15) is 39.6 Å². The molecule has 2 heterocycles. The maximum atomic E-state index is 12.4. The summed E-state index contributed by atoms with van der Waals surface area (Å²) >= 11 is 0. The molecule has 3 aromatic rings. The summed E-state index contributed by atoms with van der Waals surface area (Å²) in [6, 6.07) is 9.85. The van der Waals surface area contributed by atoms with Crippen LogP contribution in [-0.4, -0.2) is 33.7 Å². The Morgan fingerprint density at radius 1 is 1.14 bits per heavy atom. The van der Waals surface area contributed by atoms with Gasteiger partial charge in [-0.3, -0.25) is 14.4 Å². The van der Waals surface area contributed by atoms with Crippen LogP contribution in [0.15, 0.2) is 59.5 Å². The Labute approximate surface area is 161 Å². The summed E-state index contributed by atoms with van der Waals surface area (Å²) in [4.78, 5) is 40.1. The number of carbonyl (C=O) groups excluding carboxylic acids is 3. The summed E-state index contributed by atoms with van der Waals surface area (Å²) in [7, 11) is 1.76. The van der Waals surface area contributed by atoms with Crippen LogP contribution in [0.3, 0.4) is 0 Å². The second-order valence-electron chi connectivity index (χ2n) is 6.15. The minimum atomic E-state index is -0.307. The Kier molecular flexibility index (Phi) is 6.01. The minimum absolute atomic E-state index is 0.171. The van der Waals surface area contributed by atoms with Crippen molar-refractivity contribution in [2.75, 3.05) is 11.9 Å². The molecule has 8 nitrogen and oxygen atoms in total. The van der Waals surface area contributed by atoms with Gasteiger partial charge in [-0.15, -0.1) is 0 Å². The fraction of sp³-hybridized carbons (Fsp3) is 0.200. The second-order valence-corrected chi connectivity index (χ2v) is 6.15. The van der Waals surface area contributed by atoms with E-state index >= 15 is 0 Å². The third-order valence-electron chi connectivity index (χ3n) is 4.07. The second kappa shape index (κ2) is 8.81. The lowest BCUT2D eigenvalue weighted by atomic mass is 10.1. The summed E-state index contributed by atoms with van der Waals surface area (Å²) in [5, 5.41) is 5.45. The lowest BCUT2D eigenvalue weighted by molar-refractivity contribution is -0.116. The van der Waals surface area contributed by atoms with Crippen molar-refractivity contribution in [2.45, 2.75) is 12.8 Å². The standard InChI is InChI=1S/C20H20N4O4/c1-24-12-11-21-19(24)18(26)14-6-8-15(9-7-14)23-17(25)5-2-10-22-20(27)16-4-3-13-28-16/h3-4,6-9,11-13H,2,5,10H2,1H3,(H,22,27)(H,23,25). The maximum absolute atomic E-state index is 12.4. The molecule has 0 saturated carbocycles. The number of furan rings is 1. The highest BCUT2D eigenvalue weighted by atomic mass is 16.3. The SMILES string of the molecule is Cn1ccnc1C(=O)c1ccc(NC(=O)CCCNC(=O)c2ccco2)cc1. The number of rotatable bonds is 8. The largest absolute Gasteiger partial charge is 0.459 e. The van der Waals surface area contributed by atoms with Gasteiger partial charge in [-0.1, -0.05) is 0 Å². The fourth-order valence-corrected chi connectivity index (χ4v) is 2.59. The molecular formula is C20H20N4O4. The average molecular weight is 380 g/mol. The summed E-state index contributed by atoms with van der Waals surface area (Å²) in [5.41, 5.74) is 1.09. The third kappa shape index (κ3) is 4.73. The molecule has 0 unspecified atom stereocenters. The molecule has 144 valence electrons. The molecule has 3 rings (SSSR count). The van der Waals surface area contributed by atoms with Gasteiger partial charge in [0, 0.05) is 43.7 Å². The number of hydrogen-bond donors (Lipinski definition) is 2. The molecule has 0 atom stereocenters. The zero-order chi connectivity index (χ0) is 19.9. The molecule has 0 aliphatic rings. The first-order chi connectivity index (χ1) is 13.5. The first-order valence-electron chi connectivity index (χ1n) is 8.78. The highest BCUT2D eigenvalue weighted by Crippen LogP contribution is 2.13. The van der Waals surface area contributed by atoms with Gasteiger partial charge in [0.05, 0.1) is 6.26 Å². The topological polar surface area (TPSA) is 106 Å². The van der Waals surface area contributed by atoms with E-state index in [-0.39, 0.29) is 29.8 Å². The molecular weight excluding hydrogens is 360 g/mol. The van der Waals surface area contributed by atoms with Crippen LogP contribution < -0.4 is 10.6 Å². The van der Waals surface area contributed by atoms with Crippen LogP contribution in [0.5, 0.6) is 0 Å². The van der Waals surface area contributed by atoms with Crippen molar-refractivity contribution in [3.63, 3.8) is 0 Å². The molecule has 0 bridgehead atoms. The molecule has 0 aliphatic carbocycles. The van der Waals surface area contributed by atoms with Crippen molar-refractivity contribution in [2.24, 2.45) is 7.05 Å². The lowest BCUT2D eigenvalue weighted by Gasteiger charge is -2.07. The van der Waals surface area contributed by atoms with Gasteiger partial charge in [0.2, 0.25) is 11.7 Å². The Balaban J connectivity index is 1.43. The van der Waals surface area contributed by atoms with Crippen LogP contribution in [0.25, 0.3) is 0 Å². The monoisotopic (exact) mass is 380 g/mol. The average Bonchev–Trinajstić information content (AvgIpc) is 3.37. The predicted octanol–water partition coefficient (Wildman–Crippen LogP) is 2.39. The van der Waals surface area contributed by atoms with Gasteiger partial charge in [-0.05, 0) is 42.8 Å². The number of nitrogens with one attached hydrogen (secondary N) is 2. The maximum Gasteiger partial charge on any atom is 0.286 e. The van der Waals surface area contributed by atoms with Crippen molar-refractivity contribution in [3.05, 3.63) is 72.2 Å². The molecule has 8 heteroatoms. The molecule has 0 fully saturated rings. The highest BCUT2D eigenvalue weighted by molar-refractivity contribution is 6.07. The van der Waals surface area contributed by atoms with Crippen LogP contribution in [-0.2, 0) is 11.8 Å². The number of nitrogens with zero attached hydrogens (tertiary/aromatic N) is 2. The number of amides is 2. The Hall–Kier alpha value is -3.68. The molecule has 0 aliphatic heterocycles. The first kappa shape index (κ1) is 19.1. The quantitative estimate of drug-likeness (QED) is 0.461. The van der Waals surface area contributed by atoms with Crippen molar-refractivity contribution in [3.8, 4) is 0 Å². The Bertz CT molecular complexity index is 959. The van der Waals surface area contributed by atoms with E-state index in [2.05, 4.69) is 15.6 Å². The number of aromatic nitrogens is 2. The van der Waals surface area contributed by atoms with Gasteiger partial charge in [-0.25, -0.2) is 4.98 Å². The molecule has 0 spiro atoms. The van der Waals surface area contributed by atoms with Crippen LogP contribution in [0, 0.1) is 0 Å². The number of benzene rings is 1. The van der Waals surface area contributed by atoms with Crippen LogP contribution in [0.4, 0.5) is 5.69 Å². The van der Waals surface area contributed by atoms with Gasteiger partial charge in [0.15, 0.2) is 11.6 Å².